The summed E-state index contributed by atoms with van der Waals surface area (Å²) in [5.41, 5.74) is 5.14. The minimum Gasteiger partial charge on any atom is -0.481 e. The predicted octanol–water partition coefficient (Wildman–Crippen LogP) is 7.48. The summed E-state index contributed by atoms with van der Waals surface area (Å²) in [6.07, 6.45) is 3.92. The van der Waals surface area contributed by atoms with E-state index in [9.17, 15) is 19.5 Å². The molecule has 2 saturated heterocycles. The van der Waals surface area contributed by atoms with Crippen molar-refractivity contribution in [2.45, 2.75) is 65.3 Å². The van der Waals surface area contributed by atoms with E-state index in [0.29, 0.717) is 80.4 Å². The average Bonchev–Trinajstić information content (AvgIpc) is 3.60. The van der Waals surface area contributed by atoms with Crippen molar-refractivity contribution < 1.29 is 24.2 Å². The molecule has 0 bridgehead atoms. The van der Waals surface area contributed by atoms with E-state index in [4.69, 9.17) is 37.7 Å². The maximum Gasteiger partial charge on any atom is 0.410 e. The molecular formula is C44H48Cl2N6O6. The quantitative estimate of drug-likeness (QED) is 0.131. The van der Waals surface area contributed by atoms with Gasteiger partial charge in [-0.2, -0.15) is 0 Å². The molecule has 2 amide bonds. The fraction of sp³-hybridized carbons (Fsp3) is 0.386. The topological polar surface area (TPSA) is 139 Å². The third kappa shape index (κ3) is 8.85. The number of ether oxygens (including phenoxy) is 2. The number of aromatic nitrogens is 3. The van der Waals surface area contributed by atoms with Crippen molar-refractivity contribution in [1.82, 2.24) is 29.5 Å². The number of fused-ring (bicyclic) bond motifs is 1. The molecule has 2 atom stereocenters. The minimum absolute atomic E-state index is 0.0369. The van der Waals surface area contributed by atoms with Gasteiger partial charge in [0, 0.05) is 85.5 Å². The number of carbonyl (C=O) groups excluding carboxylic acids is 2. The standard InChI is InChI=1S/C44H48Cl2N6O6/c1-26(25-53)30-21-50(22-30)20-29-19-47-37-18-27(16-17-52(37)42(29)55)32-8-6-9-33(39(32)45)34-10-7-11-35(40(34)46)36-14-12-28(41(49-36)57-5)23-51(43(56)58-44(2,3)4)24-31-13-15-38(54)48-31/h6-12,14,16-19,26,30-31,53H,13,15,20-25H2,1-5H3,(H,48,54)/t26?,31-/m0/s1. The number of hydrogen-bond donors (Lipinski definition) is 2. The smallest absolute Gasteiger partial charge is 0.410 e. The van der Waals surface area contributed by atoms with Crippen molar-refractivity contribution in [3.05, 3.63) is 105 Å². The van der Waals surface area contributed by atoms with E-state index in [2.05, 4.69) is 15.2 Å². The van der Waals surface area contributed by atoms with E-state index >= 15 is 0 Å². The van der Waals surface area contributed by atoms with Crippen LogP contribution >= 0.6 is 23.2 Å². The number of benzene rings is 2. The van der Waals surface area contributed by atoms with Crippen LogP contribution in [0.1, 0.15) is 51.7 Å². The fourth-order valence-electron chi connectivity index (χ4n) is 7.51. The maximum absolute atomic E-state index is 13.4. The molecule has 0 aliphatic carbocycles. The van der Waals surface area contributed by atoms with Crippen molar-refractivity contribution in [3.8, 4) is 39.4 Å². The molecule has 304 valence electrons. The second-order valence-corrected chi connectivity index (χ2v) is 17.0. The maximum atomic E-state index is 13.4. The molecule has 5 heterocycles. The SMILES string of the molecule is COc1nc(-c2cccc(-c3cccc(-c4ccn5c(=O)c(CN6CC(C(C)CO)C6)cnc5c4)c3Cl)c2Cl)ccc1CN(C[C@@H]1CCC(=O)N1)C(=O)OC(C)(C)C. The number of hydrogen-bond acceptors (Lipinski definition) is 9. The molecule has 3 aromatic heterocycles. The summed E-state index contributed by atoms with van der Waals surface area (Å²) in [6.45, 7) is 10.3. The first-order valence-electron chi connectivity index (χ1n) is 19.5. The molecule has 14 heteroatoms. The van der Waals surface area contributed by atoms with Gasteiger partial charge in [0.1, 0.15) is 11.2 Å². The monoisotopic (exact) mass is 826 g/mol. The Bertz CT molecular complexity index is 2410. The van der Waals surface area contributed by atoms with Gasteiger partial charge in [-0.15, -0.1) is 0 Å². The molecule has 1 unspecified atom stereocenters. The number of nitrogens with one attached hydrogen (secondary N) is 1. The van der Waals surface area contributed by atoms with E-state index in [-0.39, 0.29) is 43.1 Å². The number of aliphatic hydroxyl groups excluding tert-OH is 1. The normalized spacial score (nSPS) is 16.6. The summed E-state index contributed by atoms with van der Waals surface area (Å²) in [5.74, 6) is 0.960. The molecule has 5 aromatic rings. The number of nitrogens with zero attached hydrogens (tertiary/aromatic N) is 5. The molecule has 2 fully saturated rings. The Morgan fingerprint density at radius 2 is 1.69 bits per heavy atom. The van der Waals surface area contributed by atoms with Crippen LogP contribution in [0.3, 0.4) is 0 Å². The molecule has 2 aliphatic rings. The van der Waals surface area contributed by atoms with Crippen LogP contribution in [0.4, 0.5) is 4.79 Å². The Morgan fingerprint density at radius 3 is 2.34 bits per heavy atom. The minimum atomic E-state index is -0.706. The number of halogens is 2. The van der Waals surface area contributed by atoms with E-state index in [1.54, 1.807) is 21.7 Å². The van der Waals surface area contributed by atoms with Crippen molar-refractivity contribution in [2.75, 3.05) is 33.4 Å². The third-order valence-corrected chi connectivity index (χ3v) is 11.6. The lowest BCUT2D eigenvalue weighted by Gasteiger charge is -2.41. The molecule has 7 rings (SSSR count). The van der Waals surface area contributed by atoms with Gasteiger partial charge in [0.05, 0.1) is 35.0 Å². The molecule has 12 nitrogen and oxygen atoms in total. The Kier molecular flexibility index (Phi) is 12.1. The molecular weight excluding hydrogens is 779 g/mol. The van der Waals surface area contributed by atoms with Gasteiger partial charge in [-0.3, -0.25) is 18.9 Å². The first-order chi connectivity index (χ1) is 27.7. The number of likely N-dealkylation sites (tertiary alicyclic amines) is 1. The van der Waals surface area contributed by atoms with Crippen molar-refractivity contribution >= 4 is 40.8 Å². The molecule has 2 N–H and O–H groups in total. The van der Waals surface area contributed by atoms with Crippen molar-refractivity contribution in [2.24, 2.45) is 11.8 Å². The van der Waals surface area contributed by atoms with Gasteiger partial charge < -0.3 is 24.8 Å². The summed E-state index contributed by atoms with van der Waals surface area (Å²) < 4.78 is 13.0. The summed E-state index contributed by atoms with van der Waals surface area (Å²) in [6, 6.07) is 18.6. The fourth-order valence-corrected chi connectivity index (χ4v) is 8.17. The largest absolute Gasteiger partial charge is 0.481 e. The van der Waals surface area contributed by atoms with Crippen LogP contribution < -0.4 is 15.6 Å². The van der Waals surface area contributed by atoms with Gasteiger partial charge in [-0.05, 0) is 68.9 Å². The van der Waals surface area contributed by atoms with Crippen LogP contribution in [0.2, 0.25) is 10.0 Å². The number of methoxy groups -OCH3 is 1. The Morgan fingerprint density at radius 1 is 1.00 bits per heavy atom. The first-order valence-corrected chi connectivity index (χ1v) is 20.2. The highest BCUT2D eigenvalue weighted by Gasteiger charge is 2.32. The zero-order chi connectivity index (χ0) is 41.3. The van der Waals surface area contributed by atoms with Gasteiger partial charge in [-0.25, -0.2) is 14.8 Å². The molecule has 2 aliphatic heterocycles. The molecule has 58 heavy (non-hydrogen) atoms. The lowest BCUT2D eigenvalue weighted by molar-refractivity contribution is -0.119. The number of amides is 2. The van der Waals surface area contributed by atoms with Gasteiger partial charge in [0.25, 0.3) is 5.56 Å². The third-order valence-electron chi connectivity index (χ3n) is 10.8. The van der Waals surface area contributed by atoms with Gasteiger partial charge in [-0.1, -0.05) is 66.5 Å². The molecule has 0 radical (unpaired) electrons. The second-order valence-electron chi connectivity index (χ2n) is 16.2. The summed E-state index contributed by atoms with van der Waals surface area (Å²) >= 11 is 14.3. The number of rotatable bonds is 12. The van der Waals surface area contributed by atoms with E-state index < -0.39 is 11.7 Å². The number of carbonyl (C=O) groups is 2. The first kappa shape index (κ1) is 41.2. The second kappa shape index (κ2) is 17.1. The Balaban J connectivity index is 1.13. The van der Waals surface area contributed by atoms with E-state index in [1.807, 2.05) is 88.4 Å². The van der Waals surface area contributed by atoms with E-state index in [1.165, 1.54) is 7.11 Å². The lowest BCUT2D eigenvalue weighted by atomic mass is 9.87. The van der Waals surface area contributed by atoms with Crippen molar-refractivity contribution in [3.63, 3.8) is 0 Å². The molecule has 2 aromatic carbocycles. The van der Waals surface area contributed by atoms with Crippen LogP contribution in [0.5, 0.6) is 5.88 Å². The van der Waals surface area contributed by atoms with Gasteiger partial charge >= 0.3 is 6.09 Å². The zero-order valence-electron chi connectivity index (χ0n) is 33.3. The van der Waals surface area contributed by atoms with Crippen LogP contribution in [0.25, 0.3) is 39.2 Å². The average molecular weight is 828 g/mol. The highest BCUT2D eigenvalue weighted by molar-refractivity contribution is 6.39. The van der Waals surface area contributed by atoms with Crippen LogP contribution in [-0.2, 0) is 22.6 Å². The highest BCUT2D eigenvalue weighted by Crippen LogP contribution is 2.42. The Labute approximate surface area is 347 Å². The summed E-state index contributed by atoms with van der Waals surface area (Å²) in [5, 5.41) is 13.3. The highest BCUT2D eigenvalue weighted by atomic mass is 35.5. The molecule has 0 spiro atoms. The number of pyridine rings is 2. The van der Waals surface area contributed by atoms with E-state index in [0.717, 1.165) is 24.2 Å². The van der Waals surface area contributed by atoms with Crippen LogP contribution in [0, 0.1) is 11.8 Å². The number of aliphatic hydroxyl groups is 1. The summed E-state index contributed by atoms with van der Waals surface area (Å²) in [7, 11) is 1.52. The van der Waals surface area contributed by atoms with Gasteiger partial charge in [0.15, 0.2) is 0 Å². The van der Waals surface area contributed by atoms with Crippen LogP contribution in [-0.4, -0.2) is 86.3 Å². The predicted molar refractivity (Wildman–Crippen MR) is 225 cm³/mol. The van der Waals surface area contributed by atoms with Crippen LogP contribution in [0.15, 0.2) is 77.9 Å². The lowest BCUT2D eigenvalue weighted by Crippen LogP contribution is -2.50. The van der Waals surface area contributed by atoms with Gasteiger partial charge in [0.2, 0.25) is 11.8 Å². The van der Waals surface area contributed by atoms with Crippen molar-refractivity contribution in [1.29, 1.82) is 0 Å². The summed E-state index contributed by atoms with van der Waals surface area (Å²) in [4.78, 5) is 51.9. The Hall–Kier alpha value is -5.01. The zero-order valence-corrected chi connectivity index (χ0v) is 34.8. The molecule has 0 saturated carbocycles.